The van der Waals surface area contributed by atoms with E-state index in [9.17, 15) is 9.18 Å². The number of nitrogens with zero attached hydrogens (tertiary/aromatic N) is 2. The van der Waals surface area contributed by atoms with Crippen molar-refractivity contribution in [3.05, 3.63) is 47.0 Å². The van der Waals surface area contributed by atoms with E-state index in [1.165, 1.54) is 12.1 Å². The van der Waals surface area contributed by atoms with Crippen LogP contribution in [0.3, 0.4) is 0 Å². The summed E-state index contributed by atoms with van der Waals surface area (Å²) in [6.45, 7) is 1.38. The molecule has 0 spiro atoms. The number of rotatable bonds is 3. The average molecular weight is 343 g/mol. The Morgan fingerprint density at radius 3 is 2.64 bits per heavy atom. The smallest absolute Gasteiger partial charge is 0.272 e. The second-order valence-corrected chi connectivity index (χ2v) is 6.73. The van der Waals surface area contributed by atoms with E-state index in [0.717, 1.165) is 55.5 Å². The van der Waals surface area contributed by atoms with E-state index in [0.29, 0.717) is 18.9 Å². The molecule has 0 atom stereocenters. The van der Waals surface area contributed by atoms with Crippen molar-refractivity contribution in [3.63, 3.8) is 0 Å². The Balaban J connectivity index is 1.65. The highest BCUT2D eigenvalue weighted by atomic mass is 19.1. The lowest BCUT2D eigenvalue weighted by atomic mass is 9.95. The normalized spacial score (nSPS) is 18.0. The highest BCUT2D eigenvalue weighted by molar-refractivity contribution is 5.94. The van der Waals surface area contributed by atoms with E-state index in [2.05, 4.69) is 10.4 Å². The molecular weight excluding hydrogens is 321 g/mol. The Labute approximate surface area is 146 Å². The van der Waals surface area contributed by atoms with Gasteiger partial charge in [0.15, 0.2) is 5.69 Å². The van der Waals surface area contributed by atoms with Crippen LogP contribution in [-0.2, 0) is 17.6 Å². The SMILES string of the molecule is O=C(NC1CCOCC1)c1nn(-c2ccc(F)cc2)c2c1CCCC2. The van der Waals surface area contributed by atoms with Crippen LogP contribution in [0.15, 0.2) is 24.3 Å². The van der Waals surface area contributed by atoms with Crippen LogP contribution < -0.4 is 5.32 Å². The molecule has 1 aliphatic heterocycles. The number of amides is 1. The van der Waals surface area contributed by atoms with Crippen LogP contribution in [0.4, 0.5) is 4.39 Å². The first-order chi connectivity index (χ1) is 12.2. The highest BCUT2D eigenvalue weighted by Gasteiger charge is 2.27. The van der Waals surface area contributed by atoms with Crippen LogP contribution in [0.25, 0.3) is 5.69 Å². The van der Waals surface area contributed by atoms with Crippen molar-refractivity contribution in [1.82, 2.24) is 15.1 Å². The summed E-state index contributed by atoms with van der Waals surface area (Å²) in [6.07, 6.45) is 5.59. The van der Waals surface area contributed by atoms with Gasteiger partial charge >= 0.3 is 0 Å². The molecule has 0 unspecified atom stereocenters. The molecule has 1 aromatic heterocycles. The van der Waals surface area contributed by atoms with Gasteiger partial charge in [-0.15, -0.1) is 0 Å². The van der Waals surface area contributed by atoms with Gasteiger partial charge in [0.25, 0.3) is 5.91 Å². The second kappa shape index (κ2) is 6.96. The van der Waals surface area contributed by atoms with Gasteiger partial charge in [-0.25, -0.2) is 9.07 Å². The molecule has 4 rings (SSSR count). The number of carbonyl (C=O) groups is 1. The summed E-state index contributed by atoms with van der Waals surface area (Å²) < 4.78 is 20.4. The van der Waals surface area contributed by atoms with Gasteiger partial charge in [-0.3, -0.25) is 4.79 Å². The van der Waals surface area contributed by atoms with Crippen LogP contribution in [0.2, 0.25) is 0 Å². The van der Waals surface area contributed by atoms with Crippen LogP contribution >= 0.6 is 0 Å². The molecule has 1 fully saturated rings. The maximum atomic E-state index is 13.2. The van der Waals surface area contributed by atoms with Gasteiger partial charge in [-0.2, -0.15) is 5.10 Å². The van der Waals surface area contributed by atoms with Crippen molar-refractivity contribution in [2.45, 2.75) is 44.6 Å². The molecule has 6 heteroatoms. The minimum absolute atomic E-state index is 0.106. The number of halogens is 1. The first kappa shape index (κ1) is 16.3. The fourth-order valence-electron chi connectivity index (χ4n) is 3.67. The van der Waals surface area contributed by atoms with E-state index in [-0.39, 0.29) is 17.8 Å². The first-order valence-corrected chi connectivity index (χ1v) is 8.97. The van der Waals surface area contributed by atoms with Crippen LogP contribution in [0.5, 0.6) is 0 Å². The van der Waals surface area contributed by atoms with Crippen LogP contribution in [0, 0.1) is 5.82 Å². The van der Waals surface area contributed by atoms with Crippen LogP contribution in [0.1, 0.15) is 47.4 Å². The van der Waals surface area contributed by atoms with Gasteiger partial charge in [0.1, 0.15) is 5.82 Å². The predicted octanol–water partition coefficient (Wildman–Crippen LogP) is 2.80. The highest BCUT2D eigenvalue weighted by Crippen LogP contribution is 2.27. The standard InChI is InChI=1S/C19H22FN3O2/c20-13-5-7-15(8-6-13)23-17-4-2-1-3-16(17)18(22-23)19(24)21-14-9-11-25-12-10-14/h5-8,14H,1-4,9-12H2,(H,21,24). The summed E-state index contributed by atoms with van der Waals surface area (Å²) in [6, 6.07) is 6.41. The van der Waals surface area contributed by atoms with Gasteiger partial charge in [-0.1, -0.05) is 0 Å². The molecule has 1 aliphatic carbocycles. The molecule has 0 radical (unpaired) electrons. The fraction of sp³-hybridized carbons (Fsp3) is 0.474. The molecule has 0 bridgehead atoms. The number of benzene rings is 1. The van der Waals surface area contributed by atoms with E-state index in [1.54, 1.807) is 12.1 Å². The Morgan fingerprint density at radius 1 is 1.16 bits per heavy atom. The Kier molecular flexibility index (Phi) is 4.53. The zero-order chi connectivity index (χ0) is 17.2. The molecule has 132 valence electrons. The first-order valence-electron chi connectivity index (χ1n) is 8.97. The number of ether oxygens (including phenoxy) is 1. The summed E-state index contributed by atoms with van der Waals surface area (Å²) in [5, 5.41) is 7.71. The van der Waals surface area contributed by atoms with Crippen molar-refractivity contribution in [2.75, 3.05) is 13.2 Å². The van der Waals surface area contributed by atoms with Gasteiger partial charge in [-0.05, 0) is 62.8 Å². The number of nitrogens with one attached hydrogen (secondary N) is 1. The van der Waals surface area contributed by atoms with E-state index >= 15 is 0 Å². The molecule has 0 saturated carbocycles. The molecule has 2 aliphatic rings. The largest absolute Gasteiger partial charge is 0.381 e. The zero-order valence-corrected chi connectivity index (χ0v) is 14.1. The number of aromatic nitrogens is 2. The third-order valence-corrected chi connectivity index (χ3v) is 5.02. The number of fused-ring (bicyclic) bond motifs is 1. The Hall–Kier alpha value is -2.21. The number of carbonyl (C=O) groups excluding carboxylic acids is 1. The lowest BCUT2D eigenvalue weighted by Crippen LogP contribution is -2.39. The second-order valence-electron chi connectivity index (χ2n) is 6.73. The van der Waals surface area contributed by atoms with Gasteiger partial charge in [0, 0.05) is 30.5 Å². The summed E-state index contributed by atoms with van der Waals surface area (Å²) >= 11 is 0. The molecule has 25 heavy (non-hydrogen) atoms. The van der Waals surface area contributed by atoms with Crippen molar-refractivity contribution >= 4 is 5.91 Å². The minimum atomic E-state index is -0.276. The molecule has 1 saturated heterocycles. The predicted molar refractivity (Wildman–Crippen MR) is 91.5 cm³/mol. The molecular formula is C19H22FN3O2. The zero-order valence-electron chi connectivity index (χ0n) is 14.1. The molecule has 5 nitrogen and oxygen atoms in total. The van der Waals surface area contributed by atoms with Crippen molar-refractivity contribution in [3.8, 4) is 5.69 Å². The van der Waals surface area contributed by atoms with Gasteiger partial charge in [0.2, 0.25) is 0 Å². The summed E-state index contributed by atoms with van der Waals surface area (Å²) in [4.78, 5) is 12.8. The van der Waals surface area contributed by atoms with Gasteiger partial charge in [0.05, 0.1) is 5.69 Å². The Morgan fingerprint density at radius 2 is 1.88 bits per heavy atom. The summed E-state index contributed by atoms with van der Waals surface area (Å²) in [7, 11) is 0. The maximum Gasteiger partial charge on any atom is 0.272 e. The van der Waals surface area contributed by atoms with Crippen LogP contribution in [-0.4, -0.2) is 34.9 Å². The fourth-order valence-corrected chi connectivity index (χ4v) is 3.67. The quantitative estimate of drug-likeness (QED) is 0.932. The minimum Gasteiger partial charge on any atom is -0.381 e. The number of hydrogen-bond donors (Lipinski definition) is 1. The van der Waals surface area contributed by atoms with Gasteiger partial charge < -0.3 is 10.1 Å². The molecule has 1 amide bonds. The number of hydrogen-bond acceptors (Lipinski definition) is 3. The topological polar surface area (TPSA) is 56.1 Å². The lowest BCUT2D eigenvalue weighted by molar-refractivity contribution is 0.0693. The van der Waals surface area contributed by atoms with Crippen molar-refractivity contribution < 1.29 is 13.9 Å². The molecule has 2 aromatic rings. The monoisotopic (exact) mass is 343 g/mol. The third kappa shape index (κ3) is 3.31. The molecule has 2 heterocycles. The summed E-state index contributed by atoms with van der Waals surface area (Å²) in [5.41, 5.74) is 3.44. The van der Waals surface area contributed by atoms with Crippen molar-refractivity contribution in [2.24, 2.45) is 0 Å². The van der Waals surface area contributed by atoms with E-state index in [4.69, 9.17) is 4.74 Å². The Bertz CT molecular complexity index is 764. The summed E-state index contributed by atoms with van der Waals surface area (Å²) in [5.74, 6) is -0.381. The van der Waals surface area contributed by atoms with Crippen molar-refractivity contribution in [1.29, 1.82) is 0 Å². The molecule has 1 aromatic carbocycles. The third-order valence-electron chi connectivity index (χ3n) is 5.02. The lowest BCUT2D eigenvalue weighted by Gasteiger charge is -2.23. The average Bonchev–Trinajstić information content (AvgIpc) is 3.03. The van der Waals surface area contributed by atoms with E-state index in [1.807, 2.05) is 4.68 Å². The molecule has 1 N–H and O–H groups in total. The van der Waals surface area contributed by atoms with E-state index < -0.39 is 0 Å². The maximum absolute atomic E-state index is 13.2.